The van der Waals surface area contributed by atoms with Crippen molar-refractivity contribution in [2.24, 2.45) is 5.41 Å². The van der Waals surface area contributed by atoms with Crippen molar-refractivity contribution in [3.8, 4) is 0 Å². The molecule has 0 aromatic carbocycles. The van der Waals surface area contributed by atoms with E-state index in [4.69, 9.17) is 0 Å². The molecule has 1 aromatic rings. The number of hydrogen-bond acceptors (Lipinski definition) is 3. The van der Waals surface area contributed by atoms with Crippen LogP contribution in [-0.2, 0) is 4.79 Å². The van der Waals surface area contributed by atoms with Gasteiger partial charge in [-0.05, 0) is 11.8 Å². The van der Waals surface area contributed by atoms with Gasteiger partial charge in [-0.15, -0.1) is 0 Å². The van der Waals surface area contributed by atoms with E-state index in [0.29, 0.717) is 6.42 Å². The standard InChI is InChI=1S/C12H20N4O/c1-12(2,3)8-11(17)15-7-4-10(9-15)16-13-5-6-14-16/h5-6,10H,4,7-9H2,1-3H3. The van der Waals surface area contributed by atoms with Crippen LogP contribution in [0, 0.1) is 5.41 Å². The van der Waals surface area contributed by atoms with Crippen LogP contribution in [0.3, 0.4) is 0 Å². The van der Waals surface area contributed by atoms with E-state index in [9.17, 15) is 4.79 Å². The Balaban J connectivity index is 1.92. The Morgan fingerprint density at radius 2 is 2.00 bits per heavy atom. The van der Waals surface area contributed by atoms with Crippen molar-refractivity contribution >= 4 is 5.91 Å². The predicted octanol–water partition coefficient (Wildman–Crippen LogP) is 1.49. The first-order chi connectivity index (χ1) is 7.96. The molecule has 1 aliphatic heterocycles. The van der Waals surface area contributed by atoms with Crippen LogP contribution >= 0.6 is 0 Å². The number of amides is 1. The third kappa shape index (κ3) is 3.05. The van der Waals surface area contributed by atoms with Crippen molar-refractivity contribution in [2.75, 3.05) is 13.1 Å². The largest absolute Gasteiger partial charge is 0.340 e. The van der Waals surface area contributed by atoms with Crippen LogP contribution in [0.5, 0.6) is 0 Å². The summed E-state index contributed by atoms with van der Waals surface area (Å²) in [5.41, 5.74) is 0.0547. The van der Waals surface area contributed by atoms with Crippen molar-refractivity contribution in [1.82, 2.24) is 19.9 Å². The van der Waals surface area contributed by atoms with Gasteiger partial charge >= 0.3 is 0 Å². The minimum atomic E-state index is 0.0547. The van der Waals surface area contributed by atoms with E-state index in [1.54, 1.807) is 17.2 Å². The van der Waals surface area contributed by atoms with Crippen LogP contribution in [0.1, 0.15) is 39.7 Å². The van der Waals surface area contributed by atoms with Gasteiger partial charge in [0, 0.05) is 19.5 Å². The highest BCUT2D eigenvalue weighted by atomic mass is 16.2. The number of carbonyl (C=O) groups is 1. The Morgan fingerprint density at radius 1 is 1.35 bits per heavy atom. The Labute approximate surface area is 102 Å². The molecule has 0 radical (unpaired) electrons. The molecular formula is C12H20N4O. The predicted molar refractivity (Wildman–Crippen MR) is 64.3 cm³/mol. The molecule has 1 atom stereocenters. The first-order valence-electron chi connectivity index (χ1n) is 6.09. The van der Waals surface area contributed by atoms with Crippen molar-refractivity contribution in [2.45, 2.75) is 39.7 Å². The highest BCUT2D eigenvalue weighted by Crippen LogP contribution is 2.24. The molecule has 1 aliphatic rings. The van der Waals surface area contributed by atoms with Crippen LogP contribution in [0.15, 0.2) is 12.4 Å². The second kappa shape index (κ2) is 4.47. The number of rotatable bonds is 2. The van der Waals surface area contributed by atoms with Gasteiger partial charge in [0.25, 0.3) is 0 Å². The van der Waals surface area contributed by atoms with Crippen LogP contribution in [-0.4, -0.2) is 38.9 Å². The highest BCUT2D eigenvalue weighted by molar-refractivity contribution is 5.77. The van der Waals surface area contributed by atoms with Gasteiger partial charge in [0.2, 0.25) is 5.91 Å². The van der Waals surface area contributed by atoms with E-state index < -0.39 is 0 Å². The molecule has 1 saturated heterocycles. The fraction of sp³-hybridized carbons (Fsp3) is 0.750. The molecule has 1 fully saturated rings. The molecule has 94 valence electrons. The van der Waals surface area contributed by atoms with E-state index in [0.717, 1.165) is 19.5 Å². The Kier molecular flexibility index (Phi) is 3.17. The van der Waals surface area contributed by atoms with Crippen LogP contribution < -0.4 is 0 Å². The molecule has 0 spiro atoms. The molecule has 1 aromatic heterocycles. The highest BCUT2D eigenvalue weighted by Gasteiger charge is 2.30. The van der Waals surface area contributed by atoms with E-state index >= 15 is 0 Å². The third-order valence-corrected chi connectivity index (χ3v) is 2.96. The lowest BCUT2D eigenvalue weighted by atomic mass is 9.92. The zero-order valence-electron chi connectivity index (χ0n) is 10.8. The lowest BCUT2D eigenvalue weighted by molar-refractivity contribution is -0.132. The van der Waals surface area contributed by atoms with Crippen molar-refractivity contribution in [3.63, 3.8) is 0 Å². The number of carbonyl (C=O) groups excluding carboxylic acids is 1. The van der Waals surface area contributed by atoms with Gasteiger partial charge < -0.3 is 4.90 Å². The van der Waals surface area contributed by atoms with Crippen molar-refractivity contribution < 1.29 is 4.79 Å². The summed E-state index contributed by atoms with van der Waals surface area (Å²) in [5, 5.41) is 8.27. The molecule has 0 aliphatic carbocycles. The first-order valence-corrected chi connectivity index (χ1v) is 6.09. The quantitative estimate of drug-likeness (QED) is 0.781. The second-order valence-electron chi connectivity index (χ2n) is 5.87. The maximum atomic E-state index is 12.1. The lowest BCUT2D eigenvalue weighted by Gasteiger charge is -2.22. The third-order valence-electron chi connectivity index (χ3n) is 2.96. The second-order valence-corrected chi connectivity index (χ2v) is 5.87. The lowest BCUT2D eigenvalue weighted by Crippen LogP contribution is -2.32. The molecule has 1 unspecified atom stereocenters. The molecule has 1 amide bonds. The monoisotopic (exact) mass is 236 g/mol. The molecule has 0 N–H and O–H groups in total. The Hall–Kier alpha value is -1.39. The molecule has 0 bridgehead atoms. The zero-order chi connectivity index (χ0) is 12.5. The summed E-state index contributed by atoms with van der Waals surface area (Å²) in [4.78, 5) is 15.7. The van der Waals surface area contributed by atoms with Gasteiger partial charge in [-0.1, -0.05) is 20.8 Å². The first kappa shape index (κ1) is 12.1. The normalized spacial score (nSPS) is 20.9. The number of aromatic nitrogens is 3. The minimum Gasteiger partial charge on any atom is -0.340 e. The summed E-state index contributed by atoms with van der Waals surface area (Å²) in [7, 11) is 0. The summed E-state index contributed by atoms with van der Waals surface area (Å²) in [5.74, 6) is 0.243. The van der Waals surface area contributed by atoms with E-state index in [1.807, 2.05) is 4.90 Å². The zero-order valence-corrected chi connectivity index (χ0v) is 10.8. The average molecular weight is 236 g/mol. The molecule has 17 heavy (non-hydrogen) atoms. The summed E-state index contributed by atoms with van der Waals surface area (Å²) in [6.07, 6.45) is 4.91. The molecule has 5 nitrogen and oxygen atoms in total. The SMILES string of the molecule is CC(C)(C)CC(=O)N1CCC(n2nccn2)C1. The maximum absolute atomic E-state index is 12.1. The van der Waals surface area contributed by atoms with Gasteiger partial charge in [0.05, 0.1) is 18.4 Å². The van der Waals surface area contributed by atoms with E-state index in [2.05, 4.69) is 31.0 Å². The molecule has 2 heterocycles. The molecule has 2 rings (SSSR count). The number of hydrogen-bond donors (Lipinski definition) is 0. The molecule has 0 saturated carbocycles. The van der Waals surface area contributed by atoms with Gasteiger partial charge in [-0.25, -0.2) is 0 Å². The number of likely N-dealkylation sites (tertiary alicyclic amines) is 1. The van der Waals surface area contributed by atoms with Gasteiger partial charge in [0.15, 0.2) is 0 Å². The Morgan fingerprint density at radius 3 is 2.59 bits per heavy atom. The van der Waals surface area contributed by atoms with Crippen molar-refractivity contribution in [1.29, 1.82) is 0 Å². The van der Waals surface area contributed by atoms with Crippen LogP contribution in [0.25, 0.3) is 0 Å². The maximum Gasteiger partial charge on any atom is 0.223 e. The van der Waals surface area contributed by atoms with E-state index in [-0.39, 0.29) is 17.4 Å². The van der Waals surface area contributed by atoms with Gasteiger partial charge in [-0.3, -0.25) is 4.79 Å². The fourth-order valence-electron chi connectivity index (χ4n) is 2.14. The van der Waals surface area contributed by atoms with E-state index in [1.165, 1.54) is 0 Å². The summed E-state index contributed by atoms with van der Waals surface area (Å²) < 4.78 is 0. The molecular weight excluding hydrogens is 216 g/mol. The Bertz CT molecular complexity index is 380. The van der Waals surface area contributed by atoms with Gasteiger partial charge in [0.1, 0.15) is 0 Å². The summed E-state index contributed by atoms with van der Waals surface area (Å²) in [6, 6.07) is 0.244. The smallest absolute Gasteiger partial charge is 0.223 e. The number of nitrogens with zero attached hydrogens (tertiary/aromatic N) is 4. The average Bonchev–Trinajstić information content (AvgIpc) is 2.86. The minimum absolute atomic E-state index is 0.0547. The summed E-state index contributed by atoms with van der Waals surface area (Å²) in [6.45, 7) is 7.83. The topological polar surface area (TPSA) is 51.0 Å². The van der Waals surface area contributed by atoms with Crippen molar-refractivity contribution in [3.05, 3.63) is 12.4 Å². The van der Waals surface area contributed by atoms with Crippen LogP contribution in [0.2, 0.25) is 0 Å². The summed E-state index contributed by atoms with van der Waals surface area (Å²) >= 11 is 0. The van der Waals surface area contributed by atoms with Gasteiger partial charge in [-0.2, -0.15) is 15.0 Å². The van der Waals surface area contributed by atoms with Crippen LogP contribution in [0.4, 0.5) is 0 Å². The molecule has 5 heteroatoms. The fourth-order valence-corrected chi connectivity index (χ4v) is 2.14.